The lowest BCUT2D eigenvalue weighted by atomic mass is 9.89. The Morgan fingerprint density at radius 1 is 1.30 bits per heavy atom. The molecular formula is C21H21N3O2S. The molecule has 1 unspecified atom stereocenters. The number of carbonyl (C=O) groups is 1. The van der Waals surface area contributed by atoms with E-state index in [1.807, 2.05) is 23.1 Å². The first-order valence-electron chi connectivity index (χ1n) is 9.47. The fraction of sp³-hybridized carbons (Fsp3) is 0.381. The van der Waals surface area contributed by atoms with Crippen molar-refractivity contribution in [1.29, 1.82) is 0 Å². The van der Waals surface area contributed by atoms with E-state index in [1.54, 1.807) is 17.7 Å². The summed E-state index contributed by atoms with van der Waals surface area (Å²) in [7, 11) is 0. The van der Waals surface area contributed by atoms with Crippen molar-refractivity contribution in [1.82, 2.24) is 9.97 Å². The van der Waals surface area contributed by atoms with Crippen LogP contribution in [-0.4, -0.2) is 29.0 Å². The number of carbonyl (C=O) groups excluding carboxylic acids is 1. The number of ether oxygens (including phenoxy) is 1. The summed E-state index contributed by atoms with van der Waals surface area (Å²) >= 11 is 1.74. The van der Waals surface area contributed by atoms with Gasteiger partial charge in [-0.2, -0.15) is 0 Å². The molecule has 3 aromatic rings. The zero-order valence-electron chi connectivity index (χ0n) is 15.3. The summed E-state index contributed by atoms with van der Waals surface area (Å²) in [6.45, 7) is 3.01. The maximum atomic E-state index is 12.7. The first-order chi connectivity index (χ1) is 13.2. The van der Waals surface area contributed by atoms with Gasteiger partial charge in [-0.1, -0.05) is 25.1 Å². The van der Waals surface area contributed by atoms with Crippen LogP contribution in [0.5, 0.6) is 5.88 Å². The summed E-state index contributed by atoms with van der Waals surface area (Å²) in [5, 5.41) is 1.01. The zero-order chi connectivity index (χ0) is 18.4. The van der Waals surface area contributed by atoms with E-state index in [0.29, 0.717) is 18.3 Å². The van der Waals surface area contributed by atoms with Gasteiger partial charge in [0.2, 0.25) is 5.88 Å². The molecule has 1 amide bonds. The van der Waals surface area contributed by atoms with Crippen molar-refractivity contribution >= 4 is 33.1 Å². The molecule has 0 saturated carbocycles. The largest absolute Gasteiger partial charge is 0.467 e. The maximum Gasteiger partial charge on any atom is 0.264 e. The molecule has 0 fully saturated rings. The number of rotatable bonds is 3. The minimum Gasteiger partial charge on any atom is -0.467 e. The van der Waals surface area contributed by atoms with Crippen molar-refractivity contribution in [3.8, 4) is 5.88 Å². The van der Waals surface area contributed by atoms with Crippen LogP contribution in [0.4, 0.5) is 5.69 Å². The van der Waals surface area contributed by atoms with Gasteiger partial charge in [0, 0.05) is 17.1 Å². The third-order valence-corrected chi connectivity index (χ3v) is 6.74. The van der Waals surface area contributed by atoms with E-state index in [9.17, 15) is 4.79 Å². The second-order valence-corrected chi connectivity index (χ2v) is 8.51. The molecule has 3 heterocycles. The summed E-state index contributed by atoms with van der Waals surface area (Å²) in [5.41, 5.74) is 3.54. The van der Waals surface area contributed by atoms with Gasteiger partial charge >= 0.3 is 0 Å². The van der Waals surface area contributed by atoms with E-state index in [1.165, 1.54) is 22.4 Å². The maximum absolute atomic E-state index is 12.7. The predicted molar refractivity (Wildman–Crippen MR) is 107 cm³/mol. The molecule has 138 valence electrons. The van der Waals surface area contributed by atoms with E-state index in [-0.39, 0.29) is 12.5 Å². The third-order valence-electron chi connectivity index (χ3n) is 5.58. The molecule has 6 heteroatoms. The monoisotopic (exact) mass is 379 g/mol. The Morgan fingerprint density at radius 3 is 3.11 bits per heavy atom. The Hall–Kier alpha value is -2.47. The molecule has 0 N–H and O–H groups in total. The van der Waals surface area contributed by atoms with Gasteiger partial charge in [-0.05, 0) is 48.8 Å². The van der Waals surface area contributed by atoms with E-state index in [0.717, 1.165) is 35.2 Å². The fourth-order valence-corrected chi connectivity index (χ4v) is 5.50. The SMILES string of the molecule is CC1CCc2c(sc3ncnc(OCC(=O)N4CCc5ccccc54)c23)C1. The lowest BCUT2D eigenvalue weighted by molar-refractivity contribution is -0.120. The minimum atomic E-state index is -0.0237. The van der Waals surface area contributed by atoms with E-state index < -0.39 is 0 Å². The predicted octanol–water partition coefficient (Wildman–Crippen LogP) is 3.78. The van der Waals surface area contributed by atoms with Crippen molar-refractivity contribution in [2.24, 2.45) is 5.92 Å². The number of amides is 1. The van der Waals surface area contributed by atoms with Crippen LogP contribution in [0.2, 0.25) is 0 Å². The standard InChI is InChI=1S/C21H21N3O2S/c1-13-6-7-15-17(10-13)27-21-19(15)20(22-12-23-21)26-11-18(25)24-9-8-14-4-2-3-5-16(14)24/h2-5,12-13H,6-11H2,1H3. The molecule has 1 atom stereocenters. The van der Waals surface area contributed by atoms with E-state index in [2.05, 4.69) is 23.0 Å². The molecule has 0 radical (unpaired) electrons. The highest BCUT2D eigenvalue weighted by molar-refractivity contribution is 7.18. The van der Waals surface area contributed by atoms with Crippen LogP contribution in [-0.2, 0) is 24.1 Å². The number of thiophene rings is 1. The molecule has 1 aliphatic heterocycles. The smallest absolute Gasteiger partial charge is 0.264 e. The Morgan fingerprint density at radius 2 is 2.19 bits per heavy atom. The number of aromatic nitrogens is 2. The van der Waals surface area contributed by atoms with Gasteiger partial charge in [0.15, 0.2) is 6.61 Å². The highest BCUT2D eigenvalue weighted by Crippen LogP contribution is 2.40. The summed E-state index contributed by atoms with van der Waals surface area (Å²) in [6, 6.07) is 8.06. The number of fused-ring (bicyclic) bond motifs is 4. The second kappa shape index (κ2) is 6.60. The van der Waals surface area contributed by atoms with Gasteiger partial charge in [-0.3, -0.25) is 4.79 Å². The normalized spacial score (nSPS) is 18.4. The average Bonchev–Trinajstić information content (AvgIpc) is 3.27. The molecule has 0 spiro atoms. The lowest BCUT2D eigenvalue weighted by Gasteiger charge is -2.19. The molecular weight excluding hydrogens is 358 g/mol. The topological polar surface area (TPSA) is 55.3 Å². The van der Waals surface area contributed by atoms with Crippen molar-refractivity contribution in [2.75, 3.05) is 18.1 Å². The highest BCUT2D eigenvalue weighted by Gasteiger charge is 2.26. The number of aryl methyl sites for hydroxylation is 1. The summed E-state index contributed by atoms with van der Waals surface area (Å²) in [4.78, 5) is 25.7. The van der Waals surface area contributed by atoms with E-state index >= 15 is 0 Å². The quantitative estimate of drug-likeness (QED) is 0.695. The molecule has 1 aliphatic carbocycles. The van der Waals surface area contributed by atoms with Crippen LogP contribution in [0.3, 0.4) is 0 Å². The first-order valence-corrected chi connectivity index (χ1v) is 10.3. The number of nitrogens with zero attached hydrogens (tertiary/aromatic N) is 3. The van der Waals surface area contributed by atoms with Crippen LogP contribution in [0.25, 0.3) is 10.2 Å². The van der Waals surface area contributed by atoms with Crippen molar-refractivity contribution in [3.05, 3.63) is 46.6 Å². The van der Waals surface area contributed by atoms with Crippen LogP contribution in [0.15, 0.2) is 30.6 Å². The summed E-state index contributed by atoms with van der Waals surface area (Å²) < 4.78 is 5.92. The molecule has 5 nitrogen and oxygen atoms in total. The van der Waals surface area contributed by atoms with Crippen LogP contribution in [0.1, 0.15) is 29.3 Å². The molecule has 1 aromatic carbocycles. The minimum absolute atomic E-state index is 0.00146. The fourth-order valence-electron chi connectivity index (χ4n) is 4.16. The molecule has 0 bridgehead atoms. The molecule has 27 heavy (non-hydrogen) atoms. The summed E-state index contributed by atoms with van der Waals surface area (Å²) in [6.07, 6.45) is 5.75. The number of hydrogen-bond donors (Lipinski definition) is 0. The second-order valence-electron chi connectivity index (χ2n) is 7.42. The Balaban J connectivity index is 1.39. The molecule has 5 rings (SSSR count). The van der Waals surface area contributed by atoms with Crippen LogP contribution in [0, 0.1) is 5.92 Å². The van der Waals surface area contributed by atoms with Crippen LogP contribution < -0.4 is 9.64 Å². The molecule has 0 saturated heterocycles. The first kappa shape index (κ1) is 16.7. The van der Waals surface area contributed by atoms with Crippen LogP contribution >= 0.6 is 11.3 Å². The molecule has 2 aromatic heterocycles. The van der Waals surface area contributed by atoms with Gasteiger partial charge in [0.25, 0.3) is 5.91 Å². The van der Waals surface area contributed by atoms with Gasteiger partial charge < -0.3 is 9.64 Å². The van der Waals surface area contributed by atoms with Gasteiger partial charge in [-0.25, -0.2) is 9.97 Å². The van der Waals surface area contributed by atoms with Crippen molar-refractivity contribution in [3.63, 3.8) is 0 Å². The lowest BCUT2D eigenvalue weighted by Crippen LogP contribution is -2.33. The third kappa shape index (κ3) is 2.88. The Kier molecular flexibility index (Phi) is 4.08. The summed E-state index contributed by atoms with van der Waals surface area (Å²) in [5.74, 6) is 1.23. The zero-order valence-corrected chi connectivity index (χ0v) is 16.1. The Bertz CT molecular complexity index is 1030. The Labute approximate surface area is 162 Å². The average molecular weight is 379 g/mol. The molecule has 2 aliphatic rings. The van der Waals surface area contributed by atoms with Crippen molar-refractivity contribution < 1.29 is 9.53 Å². The van der Waals surface area contributed by atoms with E-state index in [4.69, 9.17) is 4.74 Å². The van der Waals surface area contributed by atoms with Gasteiger partial charge in [0.05, 0.1) is 5.39 Å². The number of benzene rings is 1. The van der Waals surface area contributed by atoms with Gasteiger partial charge in [-0.15, -0.1) is 11.3 Å². The van der Waals surface area contributed by atoms with Gasteiger partial charge in [0.1, 0.15) is 11.2 Å². The number of anilines is 1. The highest BCUT2D eigenvalue weighted by atomic mass is 32.1. The van der Waals surface area contributed by atoms with Crippen molar-refractivity contribution in [2.45, 2.75) is 32.6 Å². The number of para-hydroxylation sites is 1. The number of hydrogen-bond acceptors (Lipinski definition) is 5.